The lowest BCUT2D eigenvalue weighted by Gasteiger charge is -2.40. The van der Waals surface area contributed by atoms with Gasteiger partial charge in [0.05, 0.1) is 7.11 Å². The van der Waals surface area contributed by atoms with Crippen LogP contribution < -0.4 is 15.2 Å². The first kappa shape index (κ1) is 15.0. The number of hydrogen-bond donors (Lipinski definition) is 1. The molecule has 0 saturated carbocycles. The maximum atomic E-state index is 6.09. The van der Waals surface area contributed by atoms with Crippen LogP contribution in [0.15, 0.2) is 18.2 Å². The number of hydrogen-bond acceptors (Lipinski definition) is 4. The molecule has 4 nitrogen and oxygen atoms in total. The predicted octanol–water partition coefficient (Wildman–Crippen LogP) is 2.92. The summed E-state index contributed by atoms with van der Waals surface area (Å²) in [6.45, 7) is 8.93. The van der Waals surface area contributed by atoms with Gasteiger partial charge < -0.3 is 15.2 Å². The molecule has 2 rings (SSSR count). The highest BCUT2D eigenvalue weighted by Crippen LogP contribution is 2.32. The van der Waals surface area contributed by atoms with Crippen LogP contribution in [0.5, 0.6) is 11.5 Å². The zero-order valence-corrected chi connectivity index (χ0v) is 13.0. The number of nitrogens with zero attached hydrogens (tertiary/aromatic N) is 1. The zero-order valence-electron chi connectivity index (χ0n) is 13.0. The first-order valence-electron chi connectivity index (χ1n) is 7.25. The van der Waals surface area contributed by atoms with Crippen LogP contribution in [-0.4, -0.2) is 36.7 Å². The van der Waals surface area contributed by atoms with E-state index in [1.807, 2.05) is 12.1 Å². The van der Waals surface area contributed by atoms with Gasteiger partial charge in [0, 0.05) is 30.4 Å². The maximum absolute atomic E-state index is 6.09. The second kappa shape index (κ2) is 5.92. The third-order valence-electron chi connectivity index (χ3n) is 3.87. The number of likely N-dealkylation sites (tertiary alicyclic amines) is 1. The molecule has 1 saturated heterocycles. The first-order chi connectivity index (χ1) is 9.40. The molecule has 0 radical (unpaired) electrons. The lowest BCUT2D eigenvalue weighted by atomic mass is 9.99. The average Bonchev–Trinajstić information content (AvgIpc) is 2.40. The molecule has 1 aliphatic heterocycles. The molecule has 0 bridgehead atoms. The number of nitrogens with two attached hydrogens (primary N) is 1. The Labute approximate surface area is 121 Å². The van der Waals surface area contributed by atoms with Crippen molar-refractivity contribution >= 4 is 5.69 Å². The number of ether oxygens (including phenoxy) is 2. The van der Waals surface area contributed by atoms with E-state index in [0.29, 0.717) is 11.4 Å². The lowest BCUT2D eigenvalue weighted by Crippen LogP contribution is -2.48. The van der Waals surface area contributed by atoms with Crippen LogP contribution >= 0.6 is 0 Å². The Bertz CT molecular complexity index is 446. The van der Waals surface area contributed by atoms with Gasteiger partial charge in [-0.2, -0.15) is 0 Å². The van der Waals surface area contributed by atoms with Gasteiger partial charge in [0.1, 0.15) is 6.10 Å². The van der Waals surface area contributed by atoms with Crippen molar-refractivity contribution in [3.8, 4) is 11.5 Å². The zero-order chi connectivity index (χ0) is 14.8. The Morgan fingerprint density at radius 3 is 2.35 bits per heavy atom. The number of piperidine rings is 1. The number of rotatable bonds is 3. The van der Waals surface area contributed by atoms with E-state index in [1.54, 1.807) is 13.2 Å². The van der Waals surface area contributed by atoms with Gasteiger partial charge in [-0.15, -0.1) is 0 Å². The Balaban J connectivity index is 1.96. The molecule has 20 heavy (non-hydrogen) atoms. The molecule has 0 spiro atoms. The van der Waals surface area contributed by atoms with Crippen molar-refractivity contribution < 1.29 is 9.47 Å². The van der Waals surface area contributed by atoms with Crippen molar-refractivity contribution in [1.29, 1.82) is 0 Å². The summed E-state index contributed by atoms with van der Waals surface area (Å²) in [5.74, 6) is 1.50. The van der Waals surface area contributed by atoms with E-state index in [-0.39, 0.29) is 11.6 Å². The third kappa shape index (κ3) is 3.57. The summed E-state index contributed by atoms with van der Waals surface area (Å²) in [5, 5.41) is 0. The van der Waals surface area contributed by atoms with Gasteiger partial charge in [-0.1, -0.05) is 0 Å². The molecule has 0 aromatic heterocycles. The van der Waals surface area contributed by atoms with Crippen LogP contribution in [0, 0.1) is 0 Å². The molecule has 112 valence electrons. The summed E-state index contributed by atoms with van der Waals surface area (Å²) in [4.78, 5) is 2.51. The molecule has 1 aliphatic rings. The van der Waals surface area contributed by atoms with Crippen LogP contribution in [0.4, 0.5) is 5.69 Å². The van der Waals surface area contributed by atoms with Crippen molar-refractivity contribution in [1.82, 2.24) is 4.90 Å². The minimum absolute atomic E-state index is 0.240. The van der Waals surface area contributed by atoms with Gasteiger partial charge >= 0.3 is 0 Å². The van der Waals surface area contributed by atoms with Gasteiger partial charge in [0.25, 0.3) is 0 Å². The Morgan fingerprint density at radius 2 is 1.80 bits per heavy atom. The van der Waals surface area contributed by atoms with E-state index in [2.05, 4.69) is 25.7 Å². The Hall–Kier alpha value is -1.42. The fourth-order valence-electron chi connectivity index (χ4n) is 2.61. The fourth-order valence-corrected chi connectivity index (χ4v) is 2.61. The summed E-state index contributed by atoms with van der Waals surface area (Å²) < 4.78 is 11.4. The van der Waals surface area contributed by atoms with Gasteiger partial charge in [0.15, 0.2) is 11.5 Å². The van der Waals surface area contributed by atoms with Crippen molar-refractivity contribution in [2.45, 2.75) is 45.3 Å². The van der Waals surface area contributed by atoms with Gasteiger partial charge in [-0.25, -0.2) is 0 Å². The fraction of sp³-hybridized carbons (Fsp3) is 0.625. The molecule has 2 N–H and O–H groups in total. The Kier molecular flexibility index (Phi) is 4.43. The van der Waals surface area contributed by atoms with Gasteiger partial charge in [-0.3, -0.25) is 4.90 Å². The normalized spacial score (nSPS) is 18.0. The topological polar surface area (TPSA) is 47.7 Å². The molecule has 1 aromatic rings. The van der Waals surface area contributed by atoms with Crippen LogP contribution in [0.2, 0.25) is 0 Å². The van der Waals surface area contributed by atoms with Crippen molar-refractivity contribution in [3.05, 3.63) is 18.2 Å². The minimum atomic E-state index is 0.240. The van der Waals surface area contributed by atoms with E-state index in [1.165, 1.54) is 0 Å². The average molecular weight is 278 g/mol. The number of methoxy groups -OCH3 is 1. The van der Waals surface area contributed by atoms with Crippen LogP contribution in [0.3, 0.4) is 0 Å². The van der Waals surface area contributed by atoms with E-state index >= 15 is 0 Å². The summed E-state index contributed by atoms with van der Waals surface area (Å²) in [5.41, 5.74) is 6.69. The number of anilines is 1. The summed E-state index contributed by atoms with van der Waals surface area (Å²) in [6, 6.07) is 5.55. The molecular formula is C16H26N2O2. The molecular weight excluding hydrogens is 252 g/mol. The van der Waals surface area contributed by atoms with Gasteiger partial charge in [0.2, 0.25) is 0 Å². The predicted molar refractivity (Wildman–Crippen MR) is 82.4 cm³/mol. The summed E-state index contributed by atoms with van der Waals surface area (Å²) in [7, 11) is 1.64. The lowest BCUT2D eigenvalue weighted by molar-refractivity contribution is 0.0480. The maximum Gasteiger partial charge on any atom is 0.162 e. The molecule has 0 aliphatic carbocycles. The smallest absolute Gasteiger partial charge is 0.162 e. The minimum Gasteiger partial charge on any atom is -0.493 e. The van der Waals surface area contributed by atoms with Crippen molar-refractivity contribution in [2.24, 2.45) is 0 Å². The molecule has 0 atom stereocenters. The van der Waals surface area contributed by atoms with Crippen LogP contribution in [-0.2, 0) is 0 Å². The second-order valence-corrected chi connectivity index (χ2v) is 6.39. The van der Waals surface area contributed by atoms with E-state index in [9.17, 15) is 0 Å². The summed E-state index contributed by atoms with van der Waals surface area (Å²) in [6.07, 6.45) is 2.35. The second-order valence-electron chi connectivity index (χ2n) is 6.39. The highest BCUT2D eigenvalue weighted by Gasteiger charge is 2.28. The monoisotopic (exact) mass is 278 g/mol. The number of benzene rings is 1. The Morgan fingerprint density at radius 1 is 1.15 bits per heavy atom. The SMILES string of the molecule is COc1cc(N)ccc1OC1CCN(C(C)(C)C)CC1. The molecule has 4 heteroatoms. The van der Waals surface area contributed by atoms with E-state index < -0.39 is 0 Å². The molecule has 0 amide bonds. The molecule has 1 fully saturated rings. The van der Waals surface area contributed by atoms with E-state index in [0.717, 1.165) is 31.7 Å². The summed E-state index contributed by atoms with van der Waals surface area (Å²) >= 11 is 0. The molecule has 1 heterocycles. The molecule has 0 unspecified atom stereocenters. The van der Waals surface area contributed by atoms with Crippen molar-refractivity contribution in [2.75, 3.05) is 25.9 Å². The highest BCUT2D eigenvalue weighted by atomic mass is 16.5. The van der Waals surface area contributed by atoms with Gasteiger partial charge in [-0.05, 0) is 45.7 Å². The van der Waals surface area contributed by atoms with Crippen LogP contribution in [0.25, 0.3) is 0 Å². The third-order valence-corrected chi connectivity index (χ3v) is 3.87. The first-order valence-corrected chi connectivity index (χ1v) is 7.25. The van der Waals surface area contributed by atoms with Crippen LogP contribution in [0.1, 0.15) is 33.6 Å². The highest BCUT2D eigenvalue weighted by molar-refractivity contribution is 5.52. The van der Waals surface area contributed by atoms with Crippen molar-refractivity contribution in [3.63, 3.8) is 0 Å². The standard InChI is InChI=1S/C16H26N2O2/c1-16(2,3)18-9-7-13(8-10-18)20-14-6-5-12(17)11-15(14)19-4/h5-6,11,13H,7-10,17H2,1-4H3. The number of nitrogen functional groups attached to an aromatic ring is 1. The van der Waals surface area contributed by atoms with E-state index in [4.69, 9.17) is 15.2 Å². The molecule has 1 aromatic carbocycles. The largest absolute Gasteiger partial charge is 0.493 e. The quantitative estimate of drug-likeness (QED) is 0.864.